The molecule has 1 unspecified atom stereocenters. The molecule has 0 spiro atoms. The van der Waals surface area contributed by atoms with Crippen LogP contribution in [0.1, 0.15) is 13.3 Å². The fourth-order valence-electron chi connectivity index (χ4n) is 1.59. The van der Waals surface area contributed by atoms with Gasteiger partial charge in [0.15, 0.2) is 0 Å². The zero-order valence-electron chi connectivity index (χ0n) is 13.5. The summed E-state index contributed by atoms with van der Waals surface area (Å²) < 4.78 is 6.76. The van der Waals surface area contributed by atoms with Crippen LogP contribution in [0.3, 0.4) is 0 Å². The molecule has 0 amide bonds. The summed E-state index contributed by atoms with van der Waals surface area (Å²) >= 11 is -0.0186. The van der Waals surface area contributed by atoms with Crippen molar-refractivity contribution in [1.29, 1.82) is 0 Å². The van der Waals surface area contributed by atoms with Crippen molar-refractivity contribution in [1.82, 2.24) is 4.48 Å². The Balaban J connectivity index is 2.62. The van der Waals surface area contributed by atoms with E-state index in [1.165, 1.54) is 22.2 Å². The van der Waals surface area contributed by atoms with E-state index >= 15 is 0 Å². The number of benzene rings is 1. The molecule has 0 aliphatic rings. The van der Waals surface area contributed by atoms with Gasteiger partial charge in [-0.1, -0.05) is 0 Å². The van der Waals surface area contributed by atoms with Crippen LogP contribution in [0.15, 0.2) is 24.3 Å². The first-order valence-electron chi connectivity index (χ1n) is 7.06. The first-order chi connectivity index (χ1) is 10.5. The molecule has 0 fully saturated rings. The summed E-state index contributed by atoms with van der Waals surface area (Å²) in [6, 6.07) is 9.10. The normalized spacial score (nSPS) is 13.3. The average Bonchev–Trinajstić information content (AvgIpc) is 2.49. The molecule has 8 heteroatoms. The molecule has 4 nitrogen and oxygen atoms in total. The summed E-state index contributed by atoms with van der Waals surface area (Å²) in [6.07, 6.45) is 1.21. The quantitative estimate of drug-likeness (QED) is 0.146. The minimum atomic E-state index is -1.16. The number of hydrogen-bond donors (Lipinski definition) is 1. The van der Waals surface area contributed by atoms with Crippen LogP contribution in [0, 0.1) is 0 Å². The van der Waals surface area contributed by atoms with Crippen molar-refractivity contribution in [3.8, 4) is 0 Å². The molecule has 126 valence electrons. The van der Waals surface area contributed by atoms with Crippen LogP contribution in [0.5, 0.6) is 0 Å². The Hall–Kier alpha value is 0.668. The number of quaternary nitrogens is 1. The molecule has 0 aliphatic heterocycles. The first-order valence-corrected chi connectivity index (χ1v) is 15.4. The predicted molar refractivity (Wildman–Crippen MR) is 104 cm³/mol. The molecule has 1 N–H and O–H groups in total. The molecule has 22 heavy (non-hydrogen) atoms. The van der Waals surface area contributed by atoms with Crippen molar-refractivity contribution in [2.24, 2.45) is 0 Å². The minimum absolute atomic E-state index is 0.806. The monoisotopic (exact) mass is 426 g/mol. The molecule has 0 radical (unpaired) electrons. The summed E-state index contributed by atoms with van der Waals surface area (Å²) in [6.45, 7) is 2.23. The summed E-state index contributed by atoms with van der Waals surface area (Å²) in [4.78, 5) is 0. The third-order valence-corrected chi connectivity index (χ3v) is 17.2. The third kappa shape index (κ3) is 7.97. The average molecular weight is 426 g/mol. The SMILES string of the molecule is CCCS[As](SCCSOOO)c1ccc([N+](C)(C)C)cc1. The van der Waals surface area contributed by atoms with E-state index in [1.807, 2.05) is 10.0 Å². The van der Waals surface area contributed by atoms with E-state index < -0.39 is 12.3 Å². The van der Waals surface area contributed by atoms with Crippen molar-refractivity contribution < 1.29 is 14.6 Å². The zero-order chi connectivity index (χ0) is 16.4. The number of nitrogens with zero attached hydrogens (tertiary/aromatic N) is 1. The molecule has 1 rings (SSSR count). The molecular weight excluding hydrogens is 401 g/mol. The molecule has 1 aromatic carbocycles. The van der Waals surface area contributed by atoms with Crippen LogP contribution >= 0.6 is 32.1 Å². The van der Waals surface area contributed by atoms with Crippen molar-refractivity contribution in [3.05, 3.63) is 24.3 Å². The summed E-state index contributed by atoms with van der Waals surface area (Å²) in [5, 5.41) is 11.7. The third-order valence-electron chi connectivity index (χ3n) is 2.70. The molecule has 0 saturated heterocycles. The van der Waals surface area contributed by atoms with E-state index in [4.69, 9.17) is 5.26 Å². The van der Waals surface area contributed by atoms with Gasteiger partial charge < -0.3 is 0 Å². The van der Waals surface area contributed by atoms with Crippen LogP contribution in [0.4, 0.5) is 5.69 Å². The van der Waals surface area contributed by atoms with Crippen LogP contribution < -0.4 is 8.83 Å². The van der Waals surface area contributed by atoms with Gasteiger partial charge in [-0.25, -0.2) is 0 Å². The first kappa shape index (κ1) is 20.7. The van der Waals surface area contributed by atoms with Crippen molar-refractivity contribution >= 4 is 54.5 Å². The van der Waals surface area contributed by atoms with Crippen molar-refractivity contribution in [2.45, 2.75) is 13.3 Å². The molecule has 0 aromatic heterocycles. The van der Waals surface area contributed by atoms with E-state index in [0.717, 1.165) is 28.0 Å². The van der Waals surface area contributed by atoms with Gasteiger partial charge in [-0.3, -0.25) is 0 Å². The summed E-state index contributed by atoms with van der Waals surface area (Å²) in [5.74, 6) is 3.02. The van der Waals surface area contributed by atoms with Gasteiger partial charge in [-0.2, -0.15) is 0 Å². The molecule has 0 heterocycles. The van der Waals surface area contributed by atoms with Gasteiger partial charge in [-0.15, -0.1) is 0 Å². The fraction of sp³-hybridized carbons (Fsp3) is 0.571. The fourth-order valence-corrected chi connectivity index (χ4v) is 15.7. The Morgan fingerprint density at radius 1 is 1.05 bits per heavy atom. The van der Waals surface area contributed by atoms with Gasteiger partial charge in [0.05, 0.1) is 0 Å². The maximum atomic E-state index is 8.11. The summed E-state index contributed by atoms with van der Waals surface area (Å²) in [5.41, 5.74) is 1.33. The maximum absolute atomic E-state index is 8.11. The number of rotatable bonds is 11. The predicted octanol–water partition coefficient (Wildman–Crippen LogP) is 3.52. The van der Waals surface area contributed by atoms with Gasteiger partial charge in [-0.05, 0) is 0 Å². The summed E-state index contributed by atoms with van der Waals surface area (Å²) in [7, 11) is 10.7. The molecule has 0 bridgehead atoms. The van der Waals surface area contributed by atoms with Crippen LogP contribution in [-0.4, -0.2) is 56.0 Å². The van der Waals surface area contributed by atoms with Crippen molar-refractivity contribution in [3.63, 3.8) is 0 Å². The Morgan fingerprint density at radius 3 is 2.23 bits per heavy atom. The Morgan fingerprint density at radius 2 is 1.68 bits per heavy atom. The van der Waals surface area contributed by atoms with Crippen molar-refractivity contribution in [2.75, 3.05) is 38.4 Å². The second-order valence-electron chi connectivity index (χ2n) is 5.42. The van der Waals surface area contributed by atoms with E-state index in [1.54, 1.807) is 0 Å². The second kappa shape index (κ2) is 11.3. The topological polar surface area (TPSA) is 38.7 Å². The molecule has 0 aliphatic carbocycles. The second-order valence-corrected chi connectivity index (χ2v) is 17.9. The van der Waals surface area contributed by atoms with E-state index in [0.29, 0.717) is 0 Å². The Labute approximate surface area is 149 Å². The van der Waals surface area contributed by atoms with E-state index in [2.05, 4.69) is 71.7 Å². The van der Waals surface area contributed by atoms with Crippen LogP contribution in [-0.2, 0) is 9.37 Å². The zero-order valence-corrected chi connectivity index (χ0v) is 17.8. The van der Waals surface area contributed by atoms with E-state index in [-0.39, 0.29) is 0 Å². The van der Waals surface area contributed by atoms with Crippen LogP contribution in [0.25, 0.3) is 0 Å². The molecular formula is C14H25AsNO3S3+. The number of hydrogen-bond acceptors (Lipinski definition) is 6. The van der Waals surface area contributed by atoms with Gasteiger partial charge in [0.2, 0.25) is 0 Å². The van der Waals surface area contributed by atoms with Gasteiger partial charge >= 0.3 is 150 Å². The standard InChI is InChI=1S/C14H24AsNO3S3/c1-5-10-20-15(21-11-12-22-19-18-17)13-6-8-14(9-7-13)16(2,3)4/h6-9H,5,10-12H2,1-4H3/p+1. The van der Waals surface area contributed by atoms with E-state index in [9.17, 15) is 0 Å². The van der Waals surface area contributed by atoms with Gasteiger partial charge in [0, 0.05) is 0 Å². The Bertz CT molecular complexity index is 415. The van der Waals surface area contributed by atoms with Crippen LogP contribution in [0.2, 0.25) is 0 Å². The van der Waals surface area contributed by atoms with Gasteiger partial charge in [0.1, 0.15) is 0 Å². The van der Waals surface area contributed by atoms with Gasteiger partial charge in [0.25, 0.3) is 0 Å². The molecule has 0 saturated carbocycles. The Kier molecular flexibility index (Phi) is 10.6. The molecule has 1 atom stereocenters. The molecule has 1 aromatic rings.